The van der Waals surface area contributed by atoms with Gasteiger partial charge in [-0.15, -0.1) is 0 Å². The molecular formula is C24H21F3N4O3. The first kappa shape index (κ1) is 23.4. The number of hydrogen-bond acceptors (Lipinski definition) is 5. The van der Waals surface area contributed by atoms with Crippen LogP contribution < -0.4 is 5.32 Å². The van der Waals surface area contributed by atoms with Crippen LogP contribution in [-0.4, -0.2) is 43.0 Å². The van der Waals surface area contributed by atoms with Crippen molar-refractivity contribution in [2.24, 2.45) is 0 Å². The molecule has 0 aliphatic carbocycles. The number of aryl methyl sites for hydroxylation is 1. The number of nitrogens with zero attached hydrogens (tertiary/aromatic N) is 3. The van der Waals surface area contributed by atoms with Crippen molar-refractivity contribution < 1.29 is 28.2 Å². The number of hydrogen-bond donors (Lipinski definition) is 3. The van der Waals surface area contributed by atoms with Gasteiger partial charge in [-0.25, -0.2) is 9.50 Å². The van der Waals surface area contributed by atoms with Crippen molar-refractivity contribution in [3.05, 3.63) is 83.6 Å². The zero-order valence-corrected chi connectivity index (χ0v) is 18.2. The third kappa shape index (κ3) is 4.13. The average molecular weight is 470 g/mol. The number of carbonyl (C=O) groups is 1. The van der Waals surface area contributed by atoms with Gasteiger partial charge in [-0.1, -0.05) is 42.5 Å². The van der Waals surface area contributed by atoms with Crippen LogP contribution in [0.4, 0.5) is 19.0 Å². The predicted octanol–water partition coefficient (Wildman–Crippen LogP) is 4.09. The Kier molecular flexibility index (Phi) is 5.88. The molecule has 0 aliphatic rings. The van der Waals surface area contributed by atoms with Crippen LogP contribution in [0.1, 0.15) is 28.5 Å². The van der Waals surface area contributed by atoms with Crippen molar-refractivity contribution >= 4 is 17.4 Å². The summed E-state index contributed by atoms with van der Waals surface area (Å²) in [6.07, 6.45) is -7.22. The molecule has 10 heteroatoms. The first-order valence-electron chi connectivity index (χ1n) is 10.3. The number of amides is 1. The molecule has 0 saturated carbocycles. The lowest BCUT2D eigenvalue weighted by Gasteiger charge is -2.33. The van der Waals surface area contributed by atoms with Crippen molar-refractivity contribution in [3.8, 4) is 11.3 Å². The molecule has 0 bridgehead atoms. The maximum atomic E-state index is 13.4. The molecule has 0 radical (unpaired) electrons. The zero-order valence-electron chi connectivity index (χ0n) is 18.2. The third-order valence-electron chi connectivity index (χ3n) is 5.48. The molecule has 1 amide bonds. The summed E-state index contributed by atoms with van der Waals surface area (Å²) in [5.41, 5.74) is -1.20. The molecule has 34 heavy (non-hydrogen) atoms. The number of anilines is 1. The third-order valence-corrected chi connectivity index (χ3v) is 5.48. The fourth-order valence-corrected chi connectivity index (χ4v) is 3.67. The highest BCUT2D eigenvalue weighted by molar-refractivity contribution is 6.04. The van der Waals surface area contributed by atoms with Gasteiger partial charge >= 0.3 is 6.18 Å². The van der Waals surface area contributed by atoms with Gasteiger partial charge in [-0.2, -0.15) is 18.3 Å². The van der Waals surface area contributed by atoms with Crippen molar-refractivity contribution in [2.45, 2.75) is 31.7 Å². The molecule has 7 nitrogen and oxygen atoms in total. The molecule has 0 spiro atoms. The molecule has 2 atom stereocenters. The van der Waals surface area contributed by atoms with E-state index in [1.54, 1.807) is 16.6 Å². The minimum atomic E-state index is -5.11. The fourth-order valence-electron chi connectivity index (χ4n) is 3.67. The lowest BCUT2D eigenvalue weighted by atomic mass is 9.87. The largest absolute Gasteiger partial charge is 0.424 e. The fraction of sp³-hybridized carbons (Fsp3) is 0.208. The van der Waals surface area contributed by atoms with Crippen LogP contribution in [0.5, 0.6) is 0 Å². The number of rotatable bonds is 5. The first-order chi connectivity index (χ1) is 16.0. The number of fused-ring (bicyclic) bond motifs is 1. The van der Waals surface area contributed by atoms with Gasteiger partial charge in [0.05, 0.1) is 17.5 Å². The van der Waals surface area contributed by atoms with Gasteiger partial charge in [0.25, 0.3) is 5.91 Å². The number of benzene rings is 2. The van der Waals surface area contributed by atoms with E-state index in [0.29, 0.717) is 11.3 Å². The highest BCUT2D eigenvalue weighted by Crippen LogP contribution is 2.41. The Morgan fingerprint density at radius 1 is 1.06 bits per heavy atom. The van der Waals surface area contributed by atoms with Gasteiger partial charge in [0.15, 0.2) is 5.65 Å². The number of aromatic nitrogens is 3. The second-order valence-electron chi connectivity index (χ2n) is 7.92. The minimum Gasteiger partial charge on any atom is -0.390 e. The molecule has 2 aromatic carbocycles. The summed E-state index contributed by atoms with van der Waals surface area (Å²) in [5.74, 6) is -0.373. The van der Waals surface area contributed by atoms with E-state index in [2.05, 4.69) is 15.4 Å². The van der Waals surface area contributed by atoms with Crippen LogP contribution in [0.2, 0.25) is 0 Å². The molecule has 0 saturated heterocycles. The van der Waals surface area contributed by atoms with Gasteiger partial charge in [0, 0.05) is 23.3 Å². The number of carbonyl (C=O) groups excluding carboxylic acids is 1. The van der Waals surface area contributed by atoms with Crippen LogP contribution >= 0.6 is 0 Å². The monoisotopic (exact) mass is 470 g/mol. The molecule has 2 heterocycles. The van der Waals surface area contributed by atoms with Gasteiger partial charge in [-0.3, -0.25) is 4.79 Å². The summed E-state index contributed by atoms with van der Waals surface area (Å²) in [7, 11) is 0. The van der Waals surface area contributed by atoms with Gasteiger partial charge in [0.2, 0.25) is 5.60 Å². The van der Waals surface area contributed by atoms with Gasteiger partial charge in [-0.05, 0) is 31.5 Å². The lowest BCUT2D eigenvalue weighted by molar-refractivity contribution is -0.295. The summed E-state index contributed by atoms with van der Waals surface area (Å²) in [6.45, 7) is 2.66. The quantitative estimate of drug-likeness (QED) is 0.408. The molecule has 176 valence electrons. The van der Waals surface area contributed by atoms with E-state index < -0.39 is 29.4 Å². The Morgan fingerprint density at radius 2 is 1.71 bits per heavy atom. The van der Waals surface area contributed by atoms with Gasteiger partial charge < -0.3 is 15.5 Å². The Morgan fingerprint density at radius 3 is 2.29 bits per heavy atom. The highest BCUT2D eigenvalue weighted by Gasteiger charge is 2.58. The summed E-state index contributed by atoms with van der Waals surface area (Å²) in [6, 6.07) is 17.0. The smallest absolute Gasteiger partial charge is 0.390 e. The second-order valence-corrected chi connectivity index (χ2v) is 7.92. The maximum absolute atomic E-state index is 13.4. The summed E-state index contributed by atoms with van der Waals surface area (Å²) < 4.78 is 41.8. The van der Waals surface area contributed by atoms with E-state index in [9.17, 15) is 28.2 Å². The number of halogens is 3. The summed E-state index contributed by atoms with van der Waals surface area (Å²) >= 11 is 0. The highest BCUT2D eigenvalue weighted by atomic mass is 19.4. The van der Waals surface area contributed by atoms with E-state index in [4.69, 9.17) is 0 Å². The topological polar surface area (TPSA) is 99.8 Å². The lowest BCUT2D eigenvalue weighted by Crippen LogP contribution is -2.50. The van der Waals surface area contributed by atoms with Crippen molar-refractivity contribution in [1.82, 2.24) is 14.6 Å². The Bertz CT molecular complexity index is 1340. The van der Waals surface area contributed by atoms with Crippen molar-refractivity contribution in [1.29, 1.82) is 0 Å². The summed E-state index contributed by atoms with van der Waals surface area (Å²) in [4.78, 5) is 17.2. The van der Waals surface area contributed by atoms with Gasteiger partial charge in [0.1, 0.15) is 5.82 Å². The normalized spacial score (nSPS) is 14.6. The first-order valence-corrected chi connectivity index (χ1v) is 10.3. The molecule has 4 aromatic rings. The van der Waals surface area contributed by atoms with Crippen molar-refractivity contribution in [3.63, 3.8) is 0 Å². The molecule has 0 aliphatic heterocycles. The Hall–Kier alpha value is -3.76. The standard InChI is InChI=1S/C24H21F3N4O3/c1-14-12-21-28-20(13-19(31(21)30-14)16-6-4-3-5-7-16)29-22(33)17-8-10-18(11-9-17)23(34,15(2)32)24(25,26)27/h3-13,15,32,34H,1-2H3,(H,28,29,33). The molecule has 2 aromatic heterocycles. The second kappa shape index (κ2) is 8.54. The van der Waals surface area contributed by atoms with Crippen LogP contribution in [0.15, 0.2) is 66.7 Å². The number of nitrogens with one attached hydrogen (secondary N) is 1. The van der Waals surface area contributed by atoms with Crippen LogP contribution in [0.25, 0.3) is 16.9 Å². The maximum Gasteiger partial charge on any atom is 0.424 e. The van der Waals surface area contributed by atoms with E-state index in [1.165, 1.54) is 0 Å². The van der Waals surface area contributed by atoms with Crippen molar-refractivity contribution in [2.75, 3.05) is 5.32 Å². The summed E-state index contributed by atoms with van der Waals surface area (Å²) in [5, 5.41) is 26.8. The van der Waals surface area contributed by atoms with E-state index in [0.717, 1.165) is 42.4 Å². The number of aliphatic hydroxyl groups excluding tert-OH is 1. The van der Waals surface area contributed by atoms with E-state index in [1.807, 2.05) is 37.3 Å². The zero-order chi connectivity index (χ0) is 24.7. The number of aliphatic hydroxyl groups is 2. The molecule has 0 fully saturated rings. The average Bonchev–Trinajstić information content (AvgIpc) is 3.17. The number of alkyl halides is 3. The van der Waals surface area contributed by atoms with Crippen LogP contribution in [-0.2, 0) is 5.60 Å². The molecule has 3 N–H and O–H groups in total. The molecule has 2 unspecified atom stereocenters. The SMILES string of the molecule is Cc1cc2nc(NC(=O)c3ccc(C(O)(C(C)O)C(F)(F)F)cc3)cc(-c3ccccc3)n2n1. The Balaban J connectivity index is 1.65. The van der Waals surface area contributed by atoms with Crippen LogP contribution in [0, 0.1) is 6.92 Å². The molecular weight excluding hydrogens is 449 g/mol. The van der Waals surface area contributed by atoms with Crippen LogP contribution in [0.3, 0.4) is 0 Å². The minimum absolute atomic E-state index is 0.0477. The van der Waals surface area contributed by atoms with E-state index >= 15 is 0 Å². The van der Waals surface area contributed by atoms with E-state index in [-0.39, 0.29) is 11.4 Å². The Labute approximate surface area is 192 Å². The predicted molar refractivity (Wildman–Crippen MR) is 119 cm³/mol. The molecule has 4 rings (SSSR count).